The minimum Gasteiger partial charge on any atom is -0.368 e. The summed E-state index contributed by atoms with van der Waals surface area (Å²) in [4.78, 5) is 0. The van der Waals surface area contributed by atoms with E-state index >= 15 is 0 Å². The van der Waals surface area contributed by atoms with Crippen LogP contribution in [0.1, 0.15) is 48.0 Å². The molecule has 5 heteroatoms. The van der Waals surface area contributed by atoms with Crippen LogP contribution in [0.25, 0.3) is 0 Å². The molecule has 4 nitrogen and oxygen atoms in total. The molecule has 0 aliphatic heterocycles. The molecule has 0 N–H and O–H groups in total. The Morgan fingerprint density at radius 2 is 1.61 bits per heavy atom. The van der Waals surface area contributed by atoms with Gasteiger partial charge >= 0.3 is 7.60 Å². The first-order valence-electron chi connectivity index (χ1n) is 6.70. The van der Waals surface area contributed by atoms with Crippen molar-refractivity contribution in [1.29, 1.82) is 0 Å². The largest absolute Gasteiger partial charge is 0.368 e. The third-order valence-electron chi connectivity index (χ3n) is 2.35. The number of hydrogen-bond acceptors (Lipinski definition) is 4. The summed E-state index contributed by atoms with van der Waals surface area (Å²) in [6.45, 7) is 13.6. The second-order valence-corrected chi connectivity index (χ2v) is 7.68. The van der Waals surface area contributed by atoms with E-state index < -0.39 is 7.60 Å². The zero-order valence-corrected chi connectivity index (χ0v) is 13.6. The van der Waals surface area contributed by atoms with Crippen molar-refractivity contribution in [2.24, 2.45) is 11.3 Å². The molecule has 0 aromatic heterocycles. The van der Waals surface area contributed by atoms with Gasteiger partial charge in [0.25, 0.3) is 0 Å². The fraction of sp³-hybridized carbons (Fsp3) is 1.00. The smallest absolute Gasteiger partial charge is 0.356 e. The Morgan fingerprint density at radius 1 is 1.11 bits per heavy atom. The molecule has 0 saturated carbocycles. The first-order valence-corrected chi connectivity index (χ1v) is 8.43. The van der Waals surface area contributed by atoms with E-state index in [1.165, 1.54) is 0 Å². The maximum atomic E-state index is 12.2. The molecular formula is C13H29O4P. The van der Waals surface area contributed by atoms with Gasteiger partial charge in [0.1, 0.15) is 6.35 Å². The van der Waals surface area contributed by atoms with Gasteiger partial charge in [-0.05, 0) is 31.6 Å². The Labute approximate surface area is 112 Å². The van der Waals surface area contributed by atoms with Crippen LogP contribution in [-0.4, -0.2) is 26.2 Å². The number of rotatable bonds is 10. The summed E-state index contributed by atoms with van der Waals surface area (Å²) in [5, 5.41) is 0. The molecule has 18 heavy (non-hydrogen) atoms. The summed E-state index contributed by atoms with van der Waals surface area (Å²) in [5.74, 6) is 0.620. The number of ether oxygens (including phenoxy) is 1. The van der Waals surface area contributed by atoms with Gasteiger partial charge in [-0.1, -0.05) is 27.7 Å². The first kappa shape index (κ1) is 18.1. The van der Waals surface area contributed by atoms with Crippen LogP contribution >= 0.6 is 7.60 Å². The minimum absolute atomic E-state index is 0.0379. The number of hydrogen-bond donors (Lipinski definition) is 0. The molecule has 0 heterocycles. The summed E-state index contributed by atoms with van der Waals surface area (Å²) >= 11 is 0. The Kier molecular flexibility index (Phi) is 8.37. The Bertz CT molecular complexity index is 254. The van der Waals surface area contributed by atoms with Crippen molar-refractivity contribution in [2.45, 2.75) is 48.0 Å². The SMILES string of the molecule is CCOP(=O)(COCC(C)(C)CC(C)C)OCC. The lowest BCUT2D eigenvalue weighted by Crippen LogP contribution is -2.22. The topological polar surface area (TPSA) is 44.8 Å². The van der Waals surface area contributed by atoms with Crippen LogP contribution in [0.3, 0.4) is 0 Å². The second kappa shape index (κ2) is 8.31. The van der Waals surface area contributed by atoms with Gasteiger partial charge in [-0.2, -0.15) is 0 Å². The lowest BCUT2D eigenvalue weighted by atomic mass is 9.85. The van der Waals surface area contributed by atoms with Gasteiger partial charge < -0.3 is 13.8 Å². The molecule has 0 radical (unpaired) electrons. The molecule has 0 aromatic rings. The van der Waals surface area contributed by atoms with E-state index in [0.29, 0.717) is 25.7 Å². The van der Waals surface area contributed by atoms with Crippen LogP contribution in [0.5, 0.6) is 0 Å². The third kappa shape index (κ3) is 8.25. The van der Waals surface area contributed by atoms with E-state index in [9.17, 15) is 4.57 Å². The van der Waals surface area contributed by atoms with Crippen molar-refractivity contribution >= 4 is 7.60 Å². The Hall–Kier alpha value is 0.110. The molecule has 110 valence electrons. The monoisotopic (exact) mass is 280 g/mol. The van der Waals surface area contributed by atoms with Gasteiger partial charge in [0, 0.05) is 0 Å². The average molecular weight is 280 g/mol. The molecule has 0 saturated heterocycles. The summed E-state index contributed by atoms with van der Waals surface area (Å²) < 4.78 is 28.1. The predicted molar refractivity (Wildman–Crippen MR) is 74.9 cm³/mol. The van der Waals surface area contributed by atoms with Crippen LogP contribution in [-0.2, 0) is 18.3 Å². The van der Waals surface area contributed by atoms with Crippen molar-refractivity contribution in [1.82, 2.24) is 0 Å². The van der Waals surface area contributed by atoms with Crippen molar-refractivity contribution in [2.75, 3.05) is 26.2 Å². The van der Waals surface area contributed by atoms with Crippen molar-refractivity contribution in [3.8, 4) is 0 Å². The van der Waals surface area contributed by atoms with Crippen LogP contribution < -0.4 is 0 Å². The van der Waals surface area contributed by atoms with Gasteiger partial charge in [0.2, 0.25) is 0 Å². The van der Waals surface area contributed by atoms with Gasteiger partial charge in [-0.15, -0.1) is 0 Å². The fourth-order valence-corrected chi connectivity index (χ4v) is 3.43. The highest BCUT2D eigenvalue weighted by Gasteiger charge is 2.26. The summed E-state index contributed by atoms with van der Waals surface area (Å²) in [7, 11) is -3.06. The van der Waals surface area contributed by atoms with Gasteiger partial charge in [-0.3, -0.25) is 4.57 Å². The zero-order valence-electron chi connectivity index (χ0n) is 12.7. The minimum atomic E-state index is -3.06. The first-order chi connectivity index (χ1) is 8.24. The lowest BCUT2D eigenvalue weighted by molar-refractivity contribution is 0.0619. The molecule has 0 aliphatic rings. The van der Waals surface area contributed by atoms with E-state index in [1.807, 2.05) is 0 Å². The molecule has 0 rings (SSSR count). The summed E-state index contributed by atoms with van der Waals surface area (Å²) in [5.41, 5.74) is 0.0808. The fourth-order valence-electron chi connectivity index (χ4n) is 2.10. The lowest BCUT2D eigenvalue weighted by Gasteiger charge is -2.27. The quantitative estimate of drug-likeness (QED) is 0.560. The molecular weight excluding hydrogens is 251 g/mol. The molecule has 0 atom stereocenters. The van der Waals surface area contributed by atoms with Crippen LogP contribution in [0.4, 0.5) is 0 Å². The van der Waals surface area contributed by atoms with Crippen LogP contribution in [0.2, 0.25) is 0 Å². The van der Waals surface area contributed by atoms with E-state index in [2.05, 4.69) is 27.7 Å². The highest BCUT2D eigenvalue weighted by atomic mass is 31.2. The Balaban J connectivity index is 4.17. The van der Waals surface area contributed by atoms with E-state index in [1.54, 1.807) is 13.8 Å². The molecule has 0 spiro atoms. The zero-order chi connectivity index (χ0) is 14.2. The molecule has 0 aliphatic carbocycles. The summed E-state index contributed by atoms with van der Waals surface area (Å²) in [6, 6.07) is 0. The van der Waals surface area contributed by atoms with Crippen molar-refractivity contribution in [3.63, 3.8) is 0 Å². The van der Waals surface area contributed by atoms with Gasteiger partial charge in [0.15, 0.2) is 0 Å². The predicted octanol–water partition coefficient (Wildman–Crippen LogP) is 4.30. The van der Waals surface area contributed by atoms with Gasteiger partial charge in [0.05, 0.1) is 19.8 Å². The molecule has 0 unspecified atom stereocenters. The van der Waals surface area contributed by atoms with Crippen LogP contribution in [0.15, 0.2) is 0 Å². The van der Waals surface area contributed by atoms with Gasteiger partial charge in [-0.25, -0.2) is 0 Å². The van der Waals surface area contributed by atoms with E-state index in [4.69, 9.17) is 13.8 Å². The van der Waals surface area contributed by atoms with E-state index in [-0.39, 0.29) is 11.8 Å². The van der Waals surface area contributed by atoms with E-state index in [0.717, 1.165) is 6.42 Å². The van der Waals surface area contributed by atoms with Crippen molar-refractivity contribution < 1.29 is 18.3 Å². The highest BCUT2D eigenvalue weighted by Crippen LogP contribution is 2.48. The molecule has 0 fully saturated rings. The molecule has 0 bridgehead atoms. The second-order valence-electron chi connectivity index (χ2n) is 5.69. The van der Waals surface area contributed by atoms with Crippen molar-refractivity contribution in [3.05, 3.63) is 0 Å². The standard InChI is InChI=1S/C13H29O4P/c1-7-16-18(14,17-8-2)11-15-10-13(5,6)9-12(3)4/h12H,7-11H2,1-6H3. The average Bonchev–Trinajstić information content (AvgIpc) is 2.15. The summed E-state index contributed by atoms with van der Waals surface area (Å²) in [6.07, 6.45) is 1.11. The maximum Gasteiger partial charge on any atom is 0.356 e. The molecule has 0 aromatic carbocycles. The Morgan fingerprint density at radius 3 is 2.00 bits per heavy atom. The van der Waals surface area contributed by atoms with Crippen LogP contribution in [0, 0.1) is 11.3 Å². The highest BCUT2D eigenvalue weighted by molar-refractivity contribution is 7.53. The third-order valence-corrected chi connectivity index (χ3v) is 4.16. The normalized spacial score (nSPS) is 13.3. The molecule has 0 amide bonds. The maximum absolute atomic E-state index is 12.2.